The minimum atomic E-state index is -0.387. The fourth-order valence-electron chi connectivity index (χ4n) is 1.78. The van der Waals surface area contributed by atoms with Crippen molar-refractivity contribution in [2.24, 2.45) is 5.10 Å². The molecule has 0 heterocycles. The van der Waals surface area contributed by atoms with Crippen molar-refractivity contribution in [2.45, 2.75) is 13.8 Å². The van der Waals surface area contributed by atoms with Crippen molar-refractivity contribution in [3.63, 3.8) is 0 Å². The molecule has 0 aromatic heterocycles. The summed E-state index contributed by atoms with van der Waals surface area (Å²) in [6.45, 7) is 3.69. The number of nitro benzene ring substituents is 1. The first-order valence-corrected chi connectivity index (χ1v) is 6.17. The molecule has 0 fully saturated rings. The van der Waals surface area contributed by atoms with Crippen molar-refractivity contribution in [2.75, 3.05) is 5.43 Å². The SMILES string of the molecule is Cc1ccccc1N/N=C\c1ccc(C)c([N+](=O)[O-])c1. The smallest absolute Gasteiger partial charge is 0.272 e. The Morgan fingerprint density at radius 2 is 1.90 bits per heavy atom. The maximum Gasteiger partial charge on any atom is 0.272 e. The molecule has 5 nitrogen and oxygen atoms in total. The molecule has 0 atom stereocenters. The molecule has 0 aliphatic heterocycles. The van der Waals surface area contributed by atoms with Gasteiger partial charge in [-0.15, -0.1) is 0 Å². The molecule has 0 amide bonds. The van der Waals surface area contributed by atoms with E-state index in [1.807, 2.05) is 31.2 Å². The normalized spacial score (nSPS) is 10.7. The van der Waals surface area contributed by atoms with Crippen LogP contribution in [0.3, 0.4) is 0 Å². The number of nitro groups is 1. The average Bonchev–Trinajstić information content (AvgIpc) is 2.42. The number of aryl methyl sites for hydroxylation is 2. The summed E-state index contributed by atoms with van der Waals surface area (Å²) in [5.41, 5.74) is 6.34. The molecular weight excluding hydrogens is 254 g/mol. The molecule has 0 radical (unpaired) electrons. The Kier molecular flexibility index (Phi) is 4.10. The Morgan fingerprint density at radius 1 is 1.15 bits per heavy atom. The highest BCUT2D eigenvalue weighted by atomic mass is 16.6. The van der Waals surface area contributed by atoms with Gasteiger partial charge >= 0.3 is 0 Å². The fourth-order valence-corrected chi connectivity index (χ4v) is 1.78. The number of nitrogens with one attached hydrogen (secondary N) is 1. The van der Waals surface area contributed by atoms with Gasteiger partial charge in [0.15, 0.2) is 0 Å². The zero-order valence-electron chi connectivity index (χ0n) is 11.3. The van der Waals surface area contributed by atoms with Gasteiger partial charge in [0.2, 0.25) is 0 Å². The van der Waals surface area contributed by atoms with Crippen molar-refractivity contribution in [1.29, 1.82) is 0 Å². The second-order valence-corrected chi connectivity index (χ2v) is 4.49. The summed E-state index contributed by atoms with van der Waals surface area (Å²) in [6.07, 6.45) is 1.57. The van der Waals surface area contributed by atoms with Gasteiger partial charge in [-0.3, -0.25) is 15.5 Å². The molecular formula is C15H15N3O2. The lowest BCUT2D eigenvalue weighted by Gasteiger charge is -2.03. The third kappa shape index (κ3) is 3.20. The Balaban J connectivity index is 2.14. The van der Waals surface area contributed by atoms with Gasteiger partial charge in [0.25, 0.3) is 5.69 Å². The van der Waals surface area contributed by atoms with Gasteiger partial charge in [0.1, 0.15) is 0 Å². The summed E-state index contributed by atoms with van der Waals surface area (Å²) >= 11 is 0. The highest BCUT2D eigenvalue weighted by Gasteiger charge is 2.09. The molecule has 0 saturated heterocycles. The second kappa shape index (κ2) is 5.97. The number of hydrazone groups is 1. The van der Waals surface area contributed by atoms with E-state index < -0.39 is 0 Å². The summed E-state index contributed by atoms with van der Waals surface area (Å²) in [4.78, 5) is 10.5. The largest absolute Gasteiger partial charge is 0.278 e. The number of hydrogen-bond donors (Lipinski definition) is 1. The van der Waals surface area contributed by atoms with Crippen LogP contribution in [-0.4, -0.2) is 11.1 Å². The van der Waals surface area contributed by atoms with Crippen molar-refractivity contribution >= 4 is 17.6 Å². The first-order chi connectivity index (χ1) is 9.58. The molecule has 0 bridgehead atoms. The first kappa shape index (κ1) is 13.7. The highest BCUT2D eigenvalue weighted by Crippen LogP contribution is 2.18. The molecule has 0 spiro atoms. The summed E-state index contributed by atoms with van der Waals surface area (Å²) in [7, 11) is 0. The minimum Gasteiger partial charge on any atom is -0.278 e. The van der Waals surface area contributed by atoms with E-state index in [-0.39, 0.29) is 10.6 Å². The van der Waals surface area contributed by atoms with Crippen LogP contribution < -0.4 is 5.43 Å². The molecule has 20 heavy (non-hydrogen) atoms. The van der Waals surface area contributed by atoms with Crippen LogP contribution in [0.25, 0.3) is 0 Å². The highest BCUT2D eigenvalue weighted by molar-refractivity contribution is 5.81. The van der Waals surface area contributed by atoms with E-state index in [2.05, 4.69) is 10.5 Å². The van der Waals surface area contributed by atoms with Crippen molar-refractivity contribution in [3.05, 3.63) is 69.3 Å². The number of benzene rings is 2. The summed E-state index contributed by atoms with van der Waals surface area (Å²) in [5, 5.41) is 15.0. The van der Waals surface area contributed by atoms with Crippen LogP contribution in [-0.2, 0) is 0 Å². The van der Waals surface area contributed by atoms with Gasteiger partial charge in [0.05, 0.1) is 16.8 Å². The summed E-state index contributed by atoms with van der Waals surface area (Å²) < 4.78 is 0. The Labute approximate surface area is 117 Å². The van der Waals surface area contributed by atoms with Crippen LogP contribution in [0.4, 0.5) is 11.4 Å². The molecule has 0 unspecified atom stereocenters. The topological polar surface area (TPSA) is 67.5 Å². The van der Waals surface area contributed by atoms with E-state index >= 15 is 0 Å². The number of nitrogens with zero attached hydrogens (tertiary/aromatic N) is 2. The molecule has 2 aromatic carbocycles. The monoisotopic (exact) mass is 269 g/mol. The zero-order valence-corrected chi connectivity index (χ0v) is 11.3. The quantitative estimate of drug-likeness (QED) is 0.523. The maximum absolute atomic E-state index is 10.9. The number of para-hydroxylation sites is 1. The van der Waals surface area contributed by atoms with E-state index in [1.54, 1.807) is 25.3 Å². The third-order valence-electron chi connectivity index (χ3n) is 2.97. The van der Waals surface area contributed by atoms with Crippen molar-refractivity contribution in [3.8, 4) is 0 Å². The molecule has 1 N–H and O–H groups in total. The standard InChI is InChI=1S/C15H15N3O2/c1-11-5-3-4-6-14(11)17-16-10-13-8-7-12(2)15(9-13)18(19)20/h3-10,17H,1-2H3/b16-10-. The summed E-state index contributed by atoms with van der Waals surface area (Å²) in [5.74, 6) is 0. The Morgan fingerprint density at radius 3 is 2.60 bits per heavy atom. The first-order valence-electron chi connectivity index (χ1n) is 6.17. The summed E-state index contributed by atoms with van der Waals surface area (Å²) in [6, 6.07) is 12.8. The van der Waals surface area contributed by atoms with Crippen LogP contribution in [0.15, 0.2) is 47.6 Å². The molecule has 2 aromatic rings. The fraction of sp³-hybridized carbons (Fsp3) is 0.133. The van der Waals surface area contributed by atoms with E-state index in [1.165, 1.54) is 6.07 Å². The van der Waals surface area contributed by atoms with Gasteiger partial charge in [-0.25, -0.2) is 0 Å². The second-order valence-electron chi connectivity index (χ2n) is 4.49. The van der Waals surface area contributed by atoms with Crippen LogP contribution in [0, 0.1) is 24.0 Å². The number of rotatable bonds is 4. The predicted molar refractivity (Wildman–Crippen MR) is 80.2 cm³/mol. The molecule has 5 heteroatoms. The van der Waals surface area contributed by atoms with Gasteiger partial charge < -0.3 is 0 Å². The Bertz CT molecular complexity index is 666. The number of hydrogen-bond acceptors (Lipinski definition) is 4. The minimum absolute atomic E-state index is 0.102. The van der Waals surface area contributed by atoms with Gasteiger partial charge in [-0.1, -0.05) is 30.3 Å². The van der Waals surface area contributed by atoms with Gasteiger partial charge in [-0.05, 0) is 25.5 Å². The molecule has 2 rings (SSSR count). The van der Waals surface area contributed by atoms with Gasteiger partial charge in [0, 0.05) is 17.2 Å². The lowest BCUT2D eigenvalue weighted by atomic mass is 10.1. The third-order valence-corrected chi connectivity index (χ3v) is 2.97. The van der Waals surface area contributed by atoms with Crippen molar-refractivity contribution in [1.82, 2.24) is 0 Å². The van der Waals surface area contributed by atoms with Crippen LogP contribution in [0.2, 0.25) is 0 Å². The molecule has 0 aliphatic carbocycles. The zero-order chi connectivity index (χ0) is 14.5. The van der Waals surface area contributed by atoms with E-state index in [4.69, 9.17) is 0 Å². The van der Waals surface area contributed by atoms with Crippen LogP contribution in [0.5, 0.6) is 0 Å². The average molecular weight is 269 g/mol. The Hall–Kier alpha value is -2.69. The molecule has 102 valence electrons. The molecule has 0 saturated carbocycles. The molecule has 0 aliphatic rings. The van der Waals surface area contributed by atoms with Crippen LogP contribution in [0.1, 0.15) is 16.7 Å². The predicted octanol–water partition coefficient (Wildman–Crippen LogP) is 3.66. The lowest BCUT2D eigenvalue weighted by molar-refractivity contribution is -0.385. The number of anilines is 1. The van der Waals surface area contributed by atoms with Crippen molar-refractivity contribution < 1.29 is 4.92 Å². The van der Waals surface area contributed by atoms with E-state index in [9.17, 15) is 10.1 Å². The lowest BCUT2D eigenvalue weighted by Crippen LogP contribution is -1.95. The van der Waals surface area contributed by atoms with E-state index in [0.29, 0.717) is 11.1 Å². The van der Waals surface area contributed by atoms with Crippen LogP contribution >= 0.6 is 0 Å². The van der Waals surface area contributed by atoms with Gasteiger partial charge in [-0.2, -0.15) is 5.10 Å². The maximum atomic E-state index is 10.9. The van der Waals surface area contributed by atoms with E-state index in [0.717, 1.165) is 11.3 Å².